The Labute approximate surface area is 133 Å². The molecule has 3 heterocycles. The van der Waals surface area contributed by atoms with Crippen molar-refractivity contribution in [2.45, 2.75) is 26.4 Å². The summed E-state index contributed by atoms with van der Waals surface area (Å²) in [5.74, 6) is 1.66. The number of rotatable bonds is 3. The first-order valence-electron chi connectivity index (χ1n) is 7.70. The van der Waals surface area contributed by atoms with Gasteiger partial charge in [0.05, 0.1) is 18.4 Å². The van der Waals surface area contributed by atoms with E-state index in [1.807, 2.05) is 31.2 Å². The molecule has 0 aliphatic carbocycles. The molecule has 1 aromatic carbocycles. The number of hydrogen-bond acceptors (Lipinski definition) is 5. The van der Waals surface area contributed by atoms with Gasteiger partial charge in [-0.25, -0.2) is 4.79 Å². The van der Waals surface area contributed by atoms with Crippen LogP contribution in [0.1, 0.15) is 23.8 Å². The Bertz CT molecular complexity index is 895. The second-order valence-electron chi connectivity index (χ2n) is 5.70. The summed E-state index contributed by atoms with van der Waals surface area (Å²) in [5.41, 5.74) is 2.25. The van der Waals surface area contributed by atoms with Crippen molar-refractivity contribution in [1.29, 1.82) is 0 Å². The van der Waals surface area contributed by atoms with Gasteiger partial charge in [-0.3, -0.25) is 4.90 Å². The van der Waals surface area contributed by atoms with Gasteiger partial charge in [0.1, 0.15) is 23.8 Å². The van der Waals surface area contributed by atoms with Gasteiger partial charge >= 0.3 is 5.63 Å². The lowest BCUT2D eigenvalue weighted by Crippen LogP contribution is -2.31. The average Bonchev–Trinajstić information content (AvgIpc) is 3.07. The van der Waals surface area contributed by atoms with Gasteiger partial charge in [-0.05, 0) is 36.2 Å². The third-order valence-electron chi connectivity index (χ3n) is 4.18. The molecule has 4 rings (SSSR count). The van der Waals surface area contributed by atoms with Crippen molar-refractivity contribution in [1.82, 2.24) is 4.90 Å². The smallest absolute Gasteiger partial charge is 0.336 e. The molecule has 5 nitrogen and oxygen atoms in total. The van der Waals surface area contributed by atoms with E-state index < -0.39 is 0 Å². The Kier molecular flexibility index (Phi) is 3.42. The second-order valence-corrected chi connectivity index (χ2v) is 5.70. The van der Waals surface area contributed by atoms with Crippen molar-refractivity contribution in [2.75, 3.05) is 6.73 Å². The zero-order valence-corrected chi connectivity index (χ0v) is 12.9. The molecule has 1 aliphatic rings. The fraction of sp³-hybridized carbons (Fsp3) is 0.278. The van der Waals surface area contributed by atoms with E-state index in [1.165, 1.54) is 0 Å². The van der Waals surface area contributed by atoms with Gasteiger partial charge in [-0.2, -0.15) is 0 Å². The van der Waals surface area contributed by atoms with Gasteiger partial charge in [0.25, 0.3) is 0 Å². The topological polar surface area (TPSA) is 55.8 Å². The predicted molar refractivity (Wildman–Crippen MR) is 85.3 cm³/mol. The molecule has 0 N–H and O–H groups in total. The molecule has 0 radical (unpaired) electrons. The summed E-state index contributed by atoms with van der Waals surface area (Å²) >= 11 is 0. The number of hydrogen-bond donors (Lipinski definition) is 0. The van der Waals surface area contributed by atoms with E-state index in [-0.39, 0.29) is 5.63 Å². The number of nitrogens with zero attached hydrogens (tertiary/aromatic N) is 1. The highest BCUT2D eigenvalue weighted by atomic mass is 16.5. The van der Waals surface area contributed by atoms with Crippen LogP contribution in [-0.2, 0) is 19.5 Å². The molecule has 0 fully saturated rings. The normalized spacial score (nSPS) is 14.7. The van der Waals surface area contributed by atoms with E-state index in [4.69, 9.17) is 13.6 Å². The van der Waals surface area contributed by atoms with Crippen molar-refractivity contribution in [3.8, 4) is 5.75 Å². The third kappa shape index (κ3) is 2.53. The monoisotopic (exact) mass is 311 g/mol. The maximum absolute atomic E-state index is 11.9. The Hall–Kier alpha value is -2.53. The summed E-state index contributed by atoms with van der Waals surface area (Å²) in [6.07, 6.45) is 2.45. The van der Waals surface area contributed by atoms with Crippen molar-refractivity contribution in [2.24, 2.45) is 0 Å². The van der Waals surface area contributed by atoms with Crippen LogP contribution in [0.3, 0.4) is 0 Å². The lowest BCUT2D eigenvalue weighted by Gasteiger charge is -2.28. The molecule has 0 unspecified atom stereocenters. The minimum absolute atomic E-state index is 0.314. The molecule has 0 atom stereocenters. The highest BCUT2D eigenvalue weighted by Gasteiger charge is 2.22. The second kappa shape index (κ2) is 5.59. The SMILES string of the molecule is CCc1cc(=O)oc2c3c(ccc12)OCN(Cc1ccco1)C3. The maximum Gasteiger partial charge on any atom is 0.336 e. The maximum atomic E-state index is 11.9. The first-order chi connectivity index (χ1) is 11.2. The van der Waals surface area contributed by atoms with Crippen molar-refractivity contribution >= 4 is 11.0 Å². The molecule has 2 aromatic heterocycles. The molecule has 0 spiro atoms. The van der Waals surface area contributed by atoms with E-state index in [2.05, 4.69) is 4.90 Å². The standard InChI is InChI=1S/C18H17NO4/c1-2-12-8-17(20)23-18-14(12)5-6-16-15(18)10-19(11-22-16)9-13-4-3-7-21-13/h3-8H,2,9-11H2,1H3. The predicted octanol–water partition coefficient (Wildman–Crippen LogP) is 3.30. The molecule has 23 heavy (non-hydrogen) atoms. The van der Waals surface area contributed by atoms with Crippen molar-refractivity contribution in [3.05, 3.63) is 63.9 Å². The Morgan fingerprint density at radius 3 is 2.96 bits per heavy atom. The van der Waals surface area contributed by atoms with Crippen LogP contribution in [0, 0.1) is 0 Å². The van der Waals surface area contributed by atoms with Crippen molar-refractivity contribution < 1.29 is 13.6 Å². The largest absolute Gasteiger partial charge is 0.478 e. The van der Waals surface area contributed by atoms with Crippen LogP contribution in [0.4, 0.5) is 0 Å². The quantitative estimate of drug-likeness (QED) is 0.695. The van der Waals surface area contributed by atoms with Crippen LogP contribution in [0.25, 0.3) is 11.0 Å². The fourth-order valence-corrected chi connectivity index (χ4v) is 3.06. The van der Waals surface area contributed by atoms with E-state index in [0.29, 0.717) is 25.4 Å². The first-order valence-corrected chi connectivity index (χ1v) is 7.70. The third-order valence-corrected chi connectivity index (χ3v) is 4.18. The van der Waals surface area contributed by atoms with E-state index in [0.717, 1.165) is 34.4 Å². The van der Waals surface area contributed by atoms with Gasteiger partial charge in [0.2, 0.25) is 0 Å². The molecule has 0 bridgehead atoms. The molecule has 3 aromatic rings. The molecule has 118 valence electrons. The van der Waals surface area contributed by atoms with Gasteiger partial charge in [0, 0.05) is 18.0 Å². The van der Waals surface area contributed by atoms with Crippen LogP contribution < -0.4 is 10.4 Å². The molecule has 0 amide bonds. The minimum Gasteiger partial charge on any atom is -0.478 e. The van der Waals surface area contributed by atoms with Crippen LogP contribution in [0.15, 0.2) is 50.2 Å². The lowest BCUT2D eigenvalue weighted by atomic mass is 10.0. The summed E-state index contributed by atoms with van der Waals surface area (Å²) in [6, 6.07) is 9.31. The molecule has 1 aliphatic heterocycles. The van der Waals surface area contributed by atoms with Gasteiger partial charge in [-0.1, -0.05) is 6.92 Å². The van der Waals surface area contributed by atoms with Crippen LogP contribution in [0.2, 0.25) is 0 Å². The molecule has 0 saturated heterocycles. The number of fused-ring (bicyclic) bond motifs is 3. The lowest BCUT2D eigenvalue weighted by molar-refractivity contribution is 0.0826. The van der Waals surface area contributed by atoms with Crippen LogP contribution >= 0.6 is 0 Å². The van der Waals surface area contributed by atoms with Gasteiger partial charge < -0.3 is 13.6 Å². The van der Waals surface area contributed by atoms with E-state index >= 15 is 0 Å². The Morgan fingerprint density at radius 1 is 1.26 bits per heavy atom. The highest BCUT2D eigenvalue weighted by molar-refractivity contribution is 5.85. The summed E-state index contributed by atoms with van der Waals surface area (Å²) in [6.45, 7) is 3.83. The Morgan fingerprint density at radius 2 is 2.17 bits per heavy atom. The highest BCUT2D eigenvalue weighted by Crippen LogP contribution is 2.33. The van der Waals surface area contributed by atoms with E-state index in [1.54, 1.807) is 12.3 Å². The summed E-state index contributed by atoms with van der Waals surface area (Å²) < 4.78 is 16.7. The number of benzene rings is 1. The number of ether oxygens (including phenoxy) is 1. The molecule has 5 heteroatoms. The molecular weight excluding hydrogens is 294 g/mol. The zero-order valence-electron chi connectivity index (χ0n) is 12.9. The fourth-order valence-electron chi connectivity index (χ4n) is 3.06. The summed E-state index contributed by atoms with van der Waals surface area (Å²) in [7, 11) is 0. The van der Waals surface area contributed by atoms with Crippen molar-refractivity contribution in [3.63, 3.8) is 0 Å². The average molecular weight is 311 g/mol. The minimum atomic E-state index is -0.314. The number of furan rings is 1. The summed E-state index contributed by atoms with van der Waals surface area (Å²) in [5, 5.41) is 0.981. The summed E-state index contributed by atoms with van der Waals surface area (Å²) in [4.78, 5) is 14.0. The molecule has 0 saturated carbocycles. The van der Waals surface area contributed by atoms with Gasteiger partial charge in [0.15, 0.2) is 0 Å². The zero-order chi connectivity index (χ0) is 15.8. The Balaban J connectivity index is 1.76. The van der Waals surface area contributed by atoms with E-state index in [9.17, 15) is 4.79 Å². The number of aryl methyl sites for hydroxylation is 1. The first kappa shape index (κ1) is 14.1. The van der Waals surface area contributed by atoms with Crippen LogP contribution in [0.5, 0.6) is 5.75 Å². The van der Waals surface area contributed by atoms with Crippen LogP contribution in [-0.4, -0.2) is 11.6 Å². The van der Waals surface area contributed by atoms with Gasteiger partial charge in [-0.15, -0.1) is 0 Å². The molecular formula is C18H17NO4.